The maximum absolute atomic E-state index is 10.9. The van der Waals surface area contributed by atoms with Gasteiger partial charge in [-0.3, -0.25) is 0 Å². The summed E-state index contributed by atoms with van der Waals surface area (Å²) in [6.45, 7) is 4.03. The van der Waals surface area contributed by atoms with E-state index in [4.69, 9.17) is 10.8 Å². The molecule has 0 fully saturated rings. The molecule has 0 aliphatic heterocycles. The number of rotatable bonds is 5. The van der Waals surface area contributed by atoms with Crippen LogP contribution in [0.5, 0.6) is 0 Å². The number of hydrogen-bond donors (Lipinski definition) is 2. The molecule has 4 heteroatoms. The van der Waals surface area contributed by atoms with Crippen LogP contribution in [-0.4, -0.2) is 11.1 Å². The van der Waals surface area contributed by atoms with E-state index in [-0.39, 0.29) is 11.1 Å². The molecule has 0 aliphatic carbocycles. The Morgan fingerprint density at radius 2 is 1.71 bits per heavy atom. The van der Waals surface area contributed by atoms with E-state index >= 15 is 0 Å². The van der Waals surface area contributed by atoms with Crippen molar-refractivity contribution in [3.63, 3.8) is 0 Å². The molecule has 0 amide bonds. The van der Waals surface area contributed by atoms with E-state index < -0.39 is 5.97 Å². The van der Waals surface area contributed by atoms with Gasteiger partial charge in [0.2, 0.25) is 0 Å². The number of benzene rings is 2. The quantitative estimate of drug-likeness (QED) is 0.643. The normalized spacial score (nSPS) is 13.8. The molecule has 2 aromatic rings. The van der Waals surface area contributed by atoms with Gasteiger partial charge in [0.05, 0.1) is 17.2 Å². The van der Waals surface area contributed by atoms with E-state index in [1.54, 1.807) is 18.2 Å². The third-order valence-corrected chi connectivity index (χ3v) is 4.18. The van der Waals surface area contributed by atoms with Gasteiger partial charge in [0.1, 0.15) is 0 Å². The van der Waals surface area contributed by atoms with Crippen molar-refractivity contribution in [1.82, 2.24) is 0 Å². The number of hydrogen-bond acceptors (Lipinski definition) is 3. The van der Waals surface area contributed by atoms with Gasteiger partial charge in [0.15, 0.2) is 0 Å². The number of carboxylic acid groups (broad SMARTS) is 1. The van der Waals surface area contributed by atoms with Crippen LogP contribution in [0.2, 0.25) is 0 Å². The highest BCUT2D eigenvalue weighted by molar-refractivity contribution is 5.92. The number of aromatic carboxylic acids is 1. The second-order valence-corrected chi connectivity index (χ2v) is 5.95. The molecule has 0 saturated carbocycles. The molecule has 2 aromatic carbocycles. The summed E-state index contributed by atoms with van der Waals surface area (Å²) in [5.74, 6) is -0.986. The van der Waals surface area contributed by atoms with Crippen LogP contribution >= 0.6 is 0 Å². The van der Waals surface area contributed by atoms with E-state index in [1.807, 2.05) is 38.1 Å². The highest BCUT2D eigenvalue weighted by Gasteiger charge is 2.17. The third kappa shape index (κ3) is 3.89. The SMILES string of the molecule is CCC(C)(N)c1ccc(/C=C(\C#N)c2ccc(C(=O)O)cc2)cc1. The Labute approximate surface area is 141 Å². The molecule has 0 aliphatic rings. The minimum atomic E-state index is -0.986. The van der Waals surface area contributed by atoms with E-state index in [9.17, 15) is 10.1 Å². The van der Waals surface area contributed by atoms with Gasteiger partial charge in [-0.15, -0.1) is 0 Å². The molecule has 4 nitrogen and oxygen atoms in total. The van der Waals surface area contributed by atoms with Gasteiger partial charge in [-0.25, -0.2) is 4.79 Å². The van der Waals surface area contributed by atoms with E-state index in [0.717, 1.165) is 17.5 Å². The van der Waals surface area contributed by atoms with Gasteiger partial charge in [-0.05, 0) is 48.2 Å². The Bertz CT molecular complexity index is 795. The van der Waals surface area contributed by atoms with Crippen LogP contribution in [-0.2, 0) is 5.54 Å². The summed E-state index contributed by atoms with van der Waals surface area (Å²) < 4.78 is 0. The first-order chi connectivity index (χ1) is 11.4. The zero-order chi connectivity index (χ0) is 17.7. The summed E-state index contributed by atoms with van der Waals surface area (Å²) >= 11 is 0. The van der Waals surface area contributed by atoms with E-state index in [0.29, 0.717) is 11.1 Å². The van der Waals surface area contributed by atoms with Crippen LogP contribution in [0.15, 0.2) is 48.5 Å². The lowest BCUT2D eigenvalue weighted by molar-refractivity contribution is 0.0697. The molecule has 0 spiro atoms. The van der Waals surface area contributed by atoms with Gasteiger partial charge in [0.25, 0.3) is 0 Å². The maximum Gasteiger partial charge on any atom is 0.335 e. The molecule has 0 bridgehead atoms. The molecule has 1 unspecified atom stereocenters. The highest BCUT2D eigenvalue weighted by Crippen LogP contribution is 2.23. The van der Waals surface area contributed by atoms with Gasteiger partial charge in [-0.2, -0.15) is 5.26 Å². The van der Waals surface area contributed by atoms with Crippen molar-refractivity contribution >= 4 is 17.6 Å². The third-order valence-electron chi connectivity index (χ3n) is 4.18. The number of nitriles is 1. The second-order valence-electron chi connectivity index (χ2n) is 5.95. The van der Waals surface area contributed by atoms with E-state index in [2.05, 4.69) is 6.07 Å². The molecular formula is C20H20N2O2. The number of nitrogens with zero attached hydrogens (tertiary/aromatic N) is 1. The van der Waals surface area contributed by atoms with Crippen molar-refractivity contribution in [2.75, 3.05) is 0 Å². The Balaban J connectivity index is 2.30. The van der Waals surface area contributed by atoms with Crippen molar-refractivity contribution in [3.8, 4) is 6.07 Å². The summed E-state index contributed by atoms with van der Waals surface area (Å²) in [6, 6.07) is 16.2. The summed E-state index contributed by atoms with van der Waals surface area (Å²) in [6.07, 6.45) is 2.61. The summed E-state index contributed by atoms with van der Waals surface area (Å²) in [5, 5.41) is 18.3. The largest absolute Gasteiger partial charge is 0.478 e. The van der Waals surface area contributed by atoms with Crippen LogP contribution in [0, 0.1) is 11.3 Å². The molecule has 24 heavy (non-hydrogen) atoms. The average Bonchev–Trinajstić information content (AvgIpc) is 2.60. The molecule has 0 saturated heterocycles. The molecule has 0 radical (unpaired) electrons. The molecule has 3 N–H and O–H groups in total. The molecular weight excluding hydrogens is 300 g/mol. The number of carbonyl (C=O) groups is 1. The fourth-order valence-electron chi connectivity index (χ4n) is 2.30. The predicted molar refractivity (Wildman–Crippen MR) is 95.2 cm³/mol. The summed E-state index contributed by atoms with van der Waals surface area (Å²) in [5.41, 5.74) is 9.16. The first-order valence-corrected chi connectivity index (χ1v) is 7.72. The van der Waals surface area contributed by atoms with Crippen LogP contribution in [0.4, 0.5) is 0 Å². The van der Waals surface area contributed by atoms with Crippen molar-refractivity contribution in [1.29, 1.82) is 5.26 Å². The van der Waals surface area contributed by atoms with Crippen LogP contribution in [0.1, 0.15) is 47.3 Å². The highest BCUT2D eigenvalue weighted by atomic mass is 16.4. The van der Waals surface area contributed by atoms with Gasteiger partial charge < -0.3 is 10.8 Å². The molecule has 0 heterocycles. The lowest BCUT2D eigenvalue weighted by Gasteiger charge is -2.23. The molecule has 1 atom stereocenters. The first-order valence-electron chi connectivity index (χ1n) is 7.72. The van der Waals surface area contributed by atoms with E-state index in [1.165, 1.54) is 12.1 Å². The standard InChI is InChI=1S/C20H20N2O2/c1-3-20(2,22)18-10-4-14(5-11-18)12-17(13-21)15-6-8-16(9-7-15)19(23)24/h4-12H,3,22H2,1-2H3,(H,23,24)/b17-12+. The van der Waals surface area contributed by atoms with Crippen molar-refractivity contribution in [3.05, 3.63) is 70.8 Å². The first kappa shape index (κ1) is 17.5. The fraction of sp³-hybridized carbons (Fsp3) is 0.200. The number of allylic oxidation sites excluding steroid dienone is 1. The maximum atomic E-state index is 10.9. The zero-order valence-electron chi connectivity index (χ0n) is 13.8. The van der Waals surface area contributed by atoms with Crippen LogP contribution < -0.4 is 5.73 Å². The Kier molecular flexibility index (Phi) is 5.18. The van der Waals surface area contributed by atoms with Crippen molar-refractivity contribution in [2.24, 2.45) is 5.73 Å². The Morgan fingerprint density at radius 1 is 1.17 bits per heavy atom. The Morgan fingerprint density at radius 3 is 2.17 bits per heavy atom. The predicted octanol–water partition coefficient (Wildman–Crippen LogP) is 4.03. The van der Waals surface area contributed by atoms with Gasteiger partial charge in [-0.1, -0.05) is 43.3 Å². The van der Waals surface area contributed by atoms with Gasteiger partial charge in [0, 0.05) is 5.54 Å². The summed E-state index contributed by atoms with van der Waals surface area (Å²) in [4.78, 5) is 10.9. The van der Waals surface area contributed by atoms with Crippen molar-refractivity contribution in [2.45, 2.75) is 25.8 Å². The minimum absolute atomic E-state index is 0.196. The molecule has 2 rings (SSSR count). The zero-order valence-corrected chi connectivity index (χ0v) is 13.8. The minimum Gasteiger partial charge on any atom is -0.478 e. The molecule has 122 valence electrons. The Hall–Kier alpha value is -2.90. The monoisotopic (exact) mass is 320 g/mol. The average molecular weight is 320 g/mol. The van der Waals surface area contributed by atoms with Gasteiger partial charge >= 0.3 is 5.97 Å². The van der Waals surface area contributed by atoms with Crippen LogP contribution in [0.25, 0.3) is 11.6 Å². The molecule has 0 aromatic heterocycles. The fourth-order valence-corrected chi connectivity index (χ4v) is 2.30. The lowest BCUT2D eigenvalue weighted by Crippen LogP contribution is -2.31. The second kappa shape index (κ2) is 7.12. The van der Waals surface area contributed by atoms with Crippen LogP contribution in [0.3, 0.4) is 0 Å². The topological polar surface area (TPSA) is 87.1 Å². The van der Waals surface area contributed by atoms with Crippen molar-refractivity contribution < 1.29 is 9.90 Å². The smallest absolute Gasteiger partial charge is 0.335 e. The number of nitrogens with two attached hydrogens (primary N) is 1. The summed E-state index contributed by atoms with van der Waals surface area (Å²) in [7, 11) is 0. The number of carboxylic acids is 1. The lowest BCUT2D eigenvalue weighted by atomic mass is 9.90.